The summed E-state index contributed by atoms with van der Waals surface area (Å²) < 4.78 is 27.5. The summed E-state index contributed by atoms with van der Waals surface area (Å²) in [6.45, 7) is 0. The molecule has 1 aromatic heterocycles. The topological polar surface area (TPSA) is 54.7 Å². The van der Waals surface area contributed by atoms with Crippen LogP contribution in [0.1, 0.15) is 0 Å². The third-order valence-corrected chi connectivity index (χ3v) is 3.41. The molecule has 2 aromatic carbocycles. The molecule has 0 aliphatic carbocycles. The Morgan fingerprint density at radius 3 is 2.68 bits per heavy atom. The summed E-state index contributed by atoms with van der Waals surface area (Å²) in [6, 6.07) is 7.24. The zero-order chi connectivity index (χ0) is 13.6. The van der Waals surface area contributed by atoms with Gasteiger partial charge in [-0.3, -0.25) is 0 Å². The number of nitrogen functional groups attached to an aromatic ring is 1. The molecule has 96 valence electrons. The van der Waals surface area contributed by atoms with E-state index < -0.39 is 11.6 Å². The van der Waals surface area contributed by atoms with Crippen molar-refractivity contribution >= 4 is 32.7 Å². The Bertz CT molecular complexity index is 724. The number of imidazole rings is 1. The Labute approximate surface area is 115 Å². The molecule has 1 heterocycles. The standard InChI is InChI=1S/C13H8BrF2N3/c14-6-4-10-11(5-8(6)16)19-13(18-10)12-7(15)2-1-3-9(12)17/h1-5H,17H2,(H,18,19). The molecule has 19 heavy (non-hydrogen) atoms. The highest BCUT2D eigenvalue weighted by atomic mass is 79.9. The second-order valence-electron chi connectivity index (χ2n) is 4.07. The minimum Gasteiger partial charge on any atom is -0.398 e. The smallest absolute Gasteiger partial charge is 0.143 e. The van der Waals surface area contributed by atoms with Crippen molar-refractivity contribution in [3.05, 3.63) is 46.4 Å². The minimum absolute atomic E-state index is 0.190. The van der Waals surface area contributed by atoms with Gasteiger partial charge in [0, 0.05) is 11.8 Å². The van der Waals surface area contributed by atoms with Crippen molar-refractivity contribution in [3.63, 3.8) is 0 Å². The van der Waals surface area contributed by atoms with Crippen LogP contribution in [0.3, 0.4) is 0 Å². The average molecular weight is 324 g/mol. The quantitative estimate of drug-likeness (QED) is 0.668. The van der Waals surface area contributed by atoms with E-state index in [2.05, 4.69) is 25.9 Å². The Morgan fingerprint density at radius 2 is 1.95 bits per heavy atom. The van der Waals surface area contributed by atoms with Gasteiger partial charge in [-0.1, -0.05) is 6.07 Å². The number of benzene rings is 2. The Morgan fingerprint density at radius 1 is 1.16 bits per heavy atom. The van der Waals surface area contributed by atoms with Crippen molar-refractivity contribution in [1.82, 2.24) is 9.97 Å². The Kier molecular flexibility index (Phi) is 2.74. The van der Waals surface area contributed by atoms with Crippen LogP contribution in [0.2, 0.25) is 0 Å². The van der Waals surface area contributed by atoms with Crippen LogP contribution in [0.5, 0.6) is 0 Å². The van der Waals surface area contributed by atoms with Crippen LogP contribution in [0.25, 0.3) is 22.4 Å². The molecular weight excluding hydrogens is 316 g/mol. The number of nitrogens with one attached hydrogen (secondary N) is 1. The number of halogens is 3. The van der Waals surface area contributed by atoms with E-state index in [9.17, 15) is 8.78 Å². The van der Waals surface area contributed by atoms with Gasteiger partial charge >= 0.3 is 0 Å². The van der Waals surface area contributed by atoms with E-state index in [-0.39, 0.29) is 17.1 Å². The summed E-state index contributed by atoms with van der Waals surface area (Å²) in [7, 11) is 0. The third kappa shape index (κ3) is 1.98. The lowest BCUT2D eigenvalue weighted by molar-refractivity contribution is 0.623. The molecule has 3 aromatic rings. The molecule has 3 rings (SSSR count). The molecule has 3 nitrogen and oxygen atoms in total. The lowest BCUT2D eigenvalue weighted by Crippen LogP contribution is -1.94. The van der Waals surface area contributed by atoms with E-state index in [1.807, 2.05) is 0 Å². The van der Waals surface area contributed by atoms with Gasteiger partial charge in [0.1, 0.15) is 17.5 Å². The molecular formula is C13H8BrF2N3. The first-order valence-electron chi connectivity index (χ1n) is 5.45. The zero-order valence-electron chi connectivity index (χ0n) is 9.55. The van der Waals surface area contributed by atoms with Gasteiger partial charge < -0.3 is 10.7 Å². The molecule has 0 saturated carbocycles. The van der Waals surface area contributed by atoms with Crippen molar-refractivity contribution in [2.75, 3.05) is 5.73 Å². The molecule has 0 radical (unpaired) electrons. The first kappa shape index (κ1) is 12.1. The Balaban J connectivity index is 2.26. The van der Waals surface area contributed by atoms with Crippen LogP contribution in [-0.2, 0) is 0 Å². The van der Waals surface area contributed by atoms with Crippen LogP contribution in [0.4, 0.5) is 14.5 Å². The van der Waals surface area contributed by atoms with E-state index >= 15 is 0 Å². The van der Waals surface area contributed by atoms with Crippen molar-refractivity contribution in [2.24, 2.45) is 0 Å². The van der Waals surface area contributed by atoms with E-state index in [1.165, 1.54) is 24.3 Å². The van der Waals surface area contributed by atoms with Crippen LogP contribution in [0.15, 0.2) is 34.8 Å². The van der Waals surface area contributed by atoms with E-state index in [0.717, 1.165) is 0 Å². The van der Waals surface area contributed by atoms with Crippen LogP contribution < -0.4 is 5.73 Å². The maximum Gasteiger partial charge on any atom is 0.143 e. The van der Waals surface area contributed by atoms with Crippen molar-refractivity contribution < 1.29 is 8.78 Å². The molecule has 6 heteroatoms. The van der Waals surface area contributed by atoms with Crippen molar-refractivity contribution in [3.8, 4) is 11.4 Å². The summed E-state index contributed by atoms with van der Waals surface area (Å²) in [5.74, 6) is -0.606. The number of hydrogen-bond donors (Lipinski definition) is 2. The summed E-state index contributed by atoms with van der Waals surface area (Å²) >= 11 is 3.08. The van der Waals surface area contributed by atoms with Gasteiger partial charge in [-0.15, -0.1) is 0 Å². The fourth-order valence-corrected chi connectivity index (χ4v) is 2.25. The van der Waals surface area contributed by atoms with Crippen LogP contribution in [0, 0.1) is 11.6 Å². The van der Waals surface area contributed by atoms with Gasteiger partial charge in [-0.25, -0.2) is 13.8 Å². The van der Waals surface area contributed by atoms with Gasteiger partial charge in [-0.2, -0.15) is 0 Å². The fraction of sp³-hybridized carbons (Fsp3) is 0. The average Bonchev–Trinajstić information content (AvgIpc) is 2.72. The summed E-state index contributed by atoms with van der Waals surface area (Å²) in [5.41, 5.74) is 7.24. The predicted octanol–water partition coefficient (Wildman–Crippen LogP) is 3.85. The lowest BCUT2D eigenvalue weighted by atomic mass is 10.1. The maximum absolute atomic E-state index is 13.8. The largest absolute Gasteiger partial charge is 0.398 e. The Hall–Kier alpha value is -1.95. The number of fused-ring (bicyclic) bond motifs is 1. The molecule has 0 amide bonds. The highest BCUT2D eigenvalue weighted by molar-refractivity contribution is 9.10. The summed E-state index contributed by atoms with van der Waals surface area (Å²) in [4.78, 5) is 7.10. The van der Waals surface area contributed by atoms with Gasteiger partial charge in [0.25, 0.3) is 0 Å². The number of nitrogens with two attached hydrogens (primary N) is 1. The number of rotatable bonds is 1. The first-order valence-corrected chi connectivity index (χ1v) is 6.24. The number of nitrogens with zero attached hydrogens (tertiary/aromatic N) is 1. The number of aromatic nitrogens is 2. The van der Waals surface area contributed by atoms with Crippen molar-refractivity contribution in [2.45, 2.75) is 0 Å². The van der Waals surface area contributed by atoms with Crippen LogP contribution in [-0.4, -0.2) is 9.97 Å². The lowest BCUT2D eigenvalue weighted by Gasteiger charge is -2.02. The second-order valence-corrected chi connectivity index (χ2v) is 4.93. The minimum atomic E-state index is -0.474. The van der Waals surface area contributed by atoms with Gasteiger partial charge in [0.2, 0.25) is 0 Å². The molecule has 0 spiro atoms. The van der Waals surface area contributed by atoms with Gasteiger partial charge in [0.15, 0.2) is 0 Å². The van der Waals surface area contributed by atoms with E-state index in [1.54, 1.807) is 6.07 Å². The first-order chi connectivity index (χ1) is 9.06. The zero-order valence-corrected chi connectivity index (χ0v) is 11.1. The summed E-state index contributed by atoms with van der Waals surface area (Å²) in [6.07, 6.45) is 0. The maximum atomic E-state index is 13.8. The van der Waals surface area contributed by atoms with Crippen LogP contribution >= 0.6 is 15.9 Å². The predicted molar refractivity (Wildman–Crippen MR) is 73.6 cm³/mol. The number of aromatic amines is 1. The SMILES string of the molecule is Nc1cccc(F)c1-c1nc2cc(Br)c(F)cc2[nH]1. The molecule has 0 aliphatic heterocycles. The molecule has 3 N–H and O–H groups in total. The highest BCUT2D eigenvalue weighted by Crippen LogP contribution is 2.29. The van der Waals surface area contributed by atoms with Gasteiger partial charge in [0.05, 0.1) is 21.1 Å². The number of hydrogen-bond acceptors (Lipinski definition) is 2. The highest BCUT2D eigenvalue weighted by Gasteiger charge is 2.14. The normalized spacial score (nSPS) is 11.1. The second kappa shape index (κ2) is 4.31. The molecule has 0 saturated heterocycles. The molecule has 0 unspecified atom stereocenters. The summed E-state index contributed by atoms with van der Waals surface area (Å²) in [5, 5.41) is 0. The third-order valence-electron chi connectivity index (χ3n) is 2.81. The van der Waals surface area contributed by atoms with Gasteiger partial charge in [-0.05, 0) is 34.1 Å². The number of anilines is 1. The molecule has 0 bridgehead atoms. The number of H-pyrrole nitrogens is 1. The fourth-order valence-electron chi connectivity index (χ4n) is 1.91. The monoisotopic (exact) mass is 323 g/mol. The van der Waals surface area contributed by atoms with E-state index in [4.69, 9.17) is 5.73 Å². The van der Waals surface area contributed by atoms with Crippen molar-refractivity contribution in [1.29, 1.82) is 0 Å². The molecule has 0 atom stereocenters. The molecule has 0 fully saturated rings. The van der Waals surface area contributed by atoms with E-state index in [0.29, 0.717) is 15.5 Å². The molecule has 0 aliphatic rings.